The smallest absolute Gasteiger partial charge is 0.0598 e. The Bertz CT molecular complexity index is 564. The van der Waals surface area contributed by atoms with Crippen molar-refractivity contribution < 1.29 is 0 Å². The Hall–Kier alpha value is -1.02. The average Bonchev–Trinajstić information content (AvgIpc) is 2.40. The fraction of sp³-hybridized carbons (Fsp3) is 0.250. The molecule has 0 aliphatic heterocycles. The molecule has 1 atom stereocenters. The Morgan fingerprint density at radius 2 is 1.74 bits per heavy atom. The van der Waals surface area contributed by atoms with E-state index in [4.69, 9.17) is 28.9 Å². The van der Waals surface area contributed by atoms with E-state index >= 15 is 0 Å². The first-order chi connectivity index (χ1) is 9.06. The molecule has 0 fully saturated rings. The fourth-order valence-corrected chi connectivity index (χ4v) is 2.27. The Morgan fingerprint density at radius 3 is 2.42 bits per heavy atom. The summed E-state index contributed by atoms with van der Waals surface area (Å²) in [5.74, 6) is 0. The first kappa shape index (κ1) is 14.4. The van der Waals surface area contributed by atoms with Crippen LogP contribution in [0, 0.1) is 0 Å². The molecular weight excluding hydrogens is 277 g/mol. The topological polar surface area (TPSA) is 26.0 Å². The van der Waals surface area contributed by atoms with E-state index in [9.17, 15) is 0 Å². The van der Waals surface area contributed by atoms with Crippen molar-refractivity contribution in [1.82, 2.24) is 0 Å². The predicted molar refractivity (Wildman–Crippen MR) is 83.9 cm³/mol. The van der Waals surface area contributed by atoms with Gasteiger partial charge in [0.1, 0.15) is 0 Å². The highest BCUT2D eigenvalue weighted by Crippen LogP contribution is 2.29. The number of nitrogens with two attached hydrogens (primary N) is 1. The molecule has 1 unspecified atom stereocenters. The molecule has 2 rings (SSSR count). The monoisotopic (exact) mass is 293 g/mol. The molecule has 1 nitrogen and oxygen atoms in total. The number of benzene rings is 2. The zero-order valence-corrected chi connectivity index (χ0v) is 12.4. The maximum absolute atomic E-state index is 6.06. The molecule has 0 radical (unpaired) electrons. The third kappa shape index (κ3) is 3.97. The summed E-state index contributed by atoms with van der Waals surface area (Å²) in [5.41, 5.74) is 9.32. The van der Waals surface area contributed by atoms with Gasteiger partial charge in [-0.2, -0.15) is 0 Å². The van der Waals surface area contributed by atoms with Crippen LogP contribution in [0.4, 0.5) is 0 Å². The van der Waals surface area contributed by atoms with E-state index in [0.29, 0.717) is 10.0 Å². The number of aryl methyl sites for hydroxylation is 1. The van der Waals surface area contributed by atoms with Crippen molar-refractivity contribution in [2.75, 3.05) is 0 Å². The Labute approximate surface area is 124 Å². The van der Waals surface area contributed by atoms with Crippen LogP contribution in [0.15, 0.2) is 42.5 Å². The van der Waals surface area contributed by atoms with Crippen molar-refractivity contribution in [1.29, 1.82) is 0 Å². The zero-order valence-electron chi connectivity index (χ0n) is 10.9. The van der Waals surface area contributed by atoms with Crippen molar-refractivity contribution in [3.63, 3.8) is 0 Å². The van der Waals surface area contributed by atoms with Crippen molar-refractivity contribution in [2.24, 2.45) is 5.73 Å². The van der Waals surface area contributed by atoms with Crippen LogP contribution in [0.1, 0.15) is 18.9 Å². The minimum Gasteiger partial charge on any atom is -0.328 e. The van der Waals surface area contributed by atoms with Crippen LogP contribution in [0.2, 0.25) is 10.0 Å². The summed E-state index contributed by atoms with van der Waals surface area (Å²) in [4.78, 5) is 0. The fourth-order valence-electron chi connectivity index (χ4n) is 1.98. The highest BCUT2D eigenvalue weighted by atomic mass is 35.5. The van der Waals surface area contributed by atoms with E-state index in [2.05, 4.69) is 24.3 Å². The van der Waals surface area contributed by atoms with E-state index < -0.39 is 0 Å². The average molecular weight is 294 g/mol. The van der Waals surface area contributed by atoms with Gasteiger partial charge in [-0.25, -0.2) is 0 Å². The molecule has 0 saturated heterocycles. The highest BCUT2D eigenvalue weighted by Gasteiger charge is 2.04. The van der Waals surface area contributed by atoms with Gasteiger partial charge < -0.3 is 5.73 Å². The third-order valence-electron chi connectivity index (χ3n) is 3.07. The molecule has 0 aliphatic rings. The van der Waals surface area contributed by atoms with Crippen LogP contribution >= 0.6 is 23.2 Å². The van der Waals surface area contributed by atoms with Gasteiger partial charge in [0.15, 0.2) is 0 Å². The third-order valence-corrected chi connectivity index (χ3v) is 3.81. The maximum atomic E-state index is 6.06. The Kier molecular flexibility index (Phi) is 4.87. The number of hydrogen-bond acceptors (Lipinski definition) is 1. The van der Waals surface area contributed by atoms with Crippen LogP contribution in [0.25, 0.3) is 11.1 Å². The molecule has 100 valence electrons. The molecule has 0 heterocycles. The van der Waals surface area contributed by atoms with Gasteiger partial charge in [-0.1, -0.05) is 53.5 Å². The van der Waals surface area contributed by atoms with E-state index in [1.807, 2.05) is 25.1 Å². The standard InChI is InChI=1S/C16H17Cl2N/c1-11(19)5-6-12-3-2-4-13(9-12)14-7-8-15(17)16(18)10-14/h2-4,7-11H,5-6,19H2,1H3. The van der Waals surface area contributed by atoms with Crippen molar-refractivity contribution in [2.45, 2.75) is 25.8 Å². The minimum absolute atomic E-state index is 0.230. The first-order valence-corrected chi connectivity index (χ1v) is 7.12. The zero-order chi connectivity index (χ0) is 13.8. The molecule has 0 bridgehead atoms. The lowest BCUT2D eigenvalue weighted by Gasteiger charge is -2.08. The molecule has 2 N–H and O–H groups in total. The van der Waals surface area contributed by atoms with Gasteiger partial charge in [0.05, 0.1) is 10.0 Å². The van der Waals surface area contributed by atoms with Gasteiger partial charge in [-0.3, -0.25) is 0 Å². The summed E-state index contributed by atoms with van der Waals surface area (Å²) < 4.78 is 0. The van der Waals surface area contributed by atoms with Gasteiger partial charge in [-0.05, 0) is 48.6 Å². The largest absolute Gasteiger partial charge is 0.328 e. The molecule has 0 aliphatic carbocycles. The summed E-state index contributed by atoms with van der Waals surface area (Å²) in [6.07, 6.45) is 1.98. The van der Waals surface area contributed by atoms with Crippen molar-refractivity contribution in [3.8, 4) is 11.1 Å². The van der Waals surface area contributed by atoms with E-state index in [1.165, 1.54) is 5.56 Å². The van der Waals surface area contributed by atoms with E-state index in [0.717, 1.165) is 24.0 Å². The minimum atomic E-state index is 0.230. The molecule has 3 heteroatoms. The highest BCUT2D eigenvalue weighted by molar-refractivity contribution is 6.42. The second kappa shape index (κ2) is 6.42. The maximum Gasteiger partial charge on any atom is 0.0598 e. The van der Waals surface area contributed by atoms with Crippen LogP contribution < -0.4 is 5.73 Å². The van der Waals surface area contributed by atoms with Gasteiger partial charge in [-0.15, -0.1) is 0 Å². The second-order valence-electron chi connectivity index (χ2n) is 4.85. The van der Waals surface area contributed by atoms with Gasteiger partial charge in [0, 0.05) is 6.04 Å². The van der Waals surface area contributed by atoms with Gasteiger partial charge in [0.25, 0.3) is 0 Å². The Morgan fingerprint density at radius 1 is 1.00 bits per heavy atom. The summed E-state index contributed by atoms with van der Waals surface area (Å²) >= 11 is 12.0. The van der Waals surface area contributed by atoms with Gasteiger partial charge >= 0.3 is 0 Å². The second-order valence-corrected chi connectivity index (χ2v) is 5.66. The normalized spacial score (nSPS) is 12.4. The molecule has 0 spiro atoms. The van der Waals surface area contributed by atoms with Crippen LogP contribution in [-0.2, 0) is 6.42 Å². The number of halogens is 2. The lowest BCUT2D eigenvalue weighted by Crippen LogP contribution is -2.15. The number of hydrogen-bond donors (Lipinski definition) is 1. The lowest BCUT2D eigenvalue weighted by atomic mass is 10.00. The summed E-state index contributed by atoms with van der Waals surface area (Å²) in [5, 5.41) is 1.17. The summed E-state index contributed by atoms with van der Waals surface area (Å²) in [7, 11) is 0. The first-order valence-electron chi connectivity index (χ1n) is 6.36. The lowest BCUT2D eigenvalue weighted by molar-refractivity contribution is 0.666. The molecule has 0 amide bonds. The molecule has 2 aromatic carbocycles. The van der Waals surface area contributed by atoms with Crippen molar-refractivity contribution >= 4 is 23.2 Å². The Balaban J connectivity index is 2.24. The quantitative estimate of drug-likeness (QED) is 0.849. The number of rotatable bonds is 4. The predicted octanol–water partition coefficient (Wildman–Crippen LogP) is 4.94. The SMILES string of the molecule is CC(N)CCc1cccc(-c2ccc(Cl)c(Cl)c2)c1. The molecule has 0 aromatic heterocycles. The summed E-state index contributed by atoms with van der Waals surface area (Å²) in [6.45, 7) is 2.03. The van der Waals surface area contributed by atoms with E-state index in [1.54, 1.807) is 0 Å². The summed E-state index contributed by atoms with van der Waals surface area (Å²) in [6, 6.07) is 14.4. The molecule has 19 heavy (non-hydrogen) atoms. The molecule has 0 saturated carbocycles. The molecular formula is C16H17Cl2N. The van der Waals surface area contributed by atoms with Crippen LogP contribution in [-0.4, -0.2) is 6.04 Å². The molecule has 2 aromatic rings. The van der Waals surface area contributed by atoms with Crippen LogP contribution in [0.5, 0.6) is 0 Å². The van der Waals surface area contributed by atoms with Crippen molar-refractivity contribution in [3.05, 3.63) is 58.1 Å². The van der Waals surface area contributed by atoms with Crippen LogP contribution in [0.3, 0.4) is 0 Å². The van der Waals surface area contributed by atoms with E-state index in [-0.39, 0.29) is 6.04 Å². The van der Waals surface area contributed by atoms with Gasteiger partial charge in [0.2, 0.25) is 0 Å².